The summed E-state index contributed by atoms with van der Waals surface area (Å²) in [6.07, 6.45) is 0. The molecule has 0 N–H and O–H groups in total. The molecule has 12 heteroatoms. The minimum Gasteiger partial charge on any atom is -0.336 e. The number of non-ortho nitro benzene ring substituents is 1. The van der Waals surface area contributed by atoms with Crippen molar-refractivity contribution in [2.45, 2.75) is 18.7 Å². The van der Waals surface area contributed by atoms with Gasteiger partial charge in [-0.25, -0.2) is 13.4 Å². The van der Waals surface area contributed by atoms with E-state index in [2.05, 4.69) is 10.1 Å². The van der Waals surface area contributed by atoms with Crippen LogP contribution in [0.3, 0.4) is 0 Å². The van der Waals surface area contributed by atoms with Gasteiger partial charge < -0.3 is 4.90 Å². The van der Waals surface area contributed by atoms with Crippen molar-refractivity contribution in [1.82, 2.24) is 24.0 Å². The fourth-order valence-corrected chi connectivity index (χ4v) is 5.35. The van der Waals surface area contributed by atoms with Crippen LogP contribution in [0.5, 0.6) is 0 Å². The van der Waals surface area contributed by atoms with Crippen LogP contribution in [0.2, 0.25) is 0 Å². The zero-order valence-corrected chi connectivity index (χ0v) is 18.7. The second-order valence-corrected chi connectivity index (χ2v) is 9.60. The first kappa shape index (κ1) is 21.8. The maximum Gasteiger partial charge on any atom is 0.269 e. The molecule has 1 aliphatic heterocycles. The minimum absolute atomic E-state index is 0.0136. The van der Waals surface area contributed by atoms with Crippen LogP contribution >= 0.6 is 0 Å². The Bertz CT molecular complexity index is 1320. The van der Waals surface area contributed by atoms with E-state index < -0.39 is 14.9 Å². The molecule has 0 unspecified atom stereocenters. The predicted octanol–water partition coefficient (Wildman–Crippen LogP) is 1.64. The Labute approximate surface area is 184 Å². The lowest BCUT2D eigenvalue weighted by Crippen LogP contribution is -2.50. The normalized spacial score (nSPS) is 15.3. The average molecular weight is 459 g/mol. The quantitative estimate of drug-likeness (QED) is 0.429. The molecule has 0 atom stereocenters. The van der Waals surface area contributed by atoms with Crippen molar-refractivity contribution in [2.75, 3.05) is 26.2 Å². The van der Waals surface area contributed by atoms with Crippen LogP contribution in [0.4, 0.5) is 5.69 Å². The second kappa shape index (κ2) is 7.95. The van der Waals surface area contributed by atoms with Crippen molar-refractivity contribution in [1.29, 1.82) is 0 Å². The fraction of sp³-hybridized carbons (Fsp3) is 0.350. The van der Waals surface area contributed by atoms with E-state index in [9.17, 15) is 23.3 Å². The molecule has 0 bridgehead atoms. The van der Waals surface area contributed by atoms with Crippen LogP contribution in [0, 0.1) is 24.0 Å². The van der Waals surface area contributed by atoms with Crippen LogP contribution in [-0.4, -0.2) is 69.4 Å². The van der Waals surface area contributed by atoms with E-state index in [1.807, 2.05) is 13.8 Å². The highest BCUT2D eigenvalue weighted by atomic mass is 32.2. The lowest BCUT2D eigenvalue weighted by Gasteiger charge is -2.34. The Hall–Kier alpha value is -3.38. The number of hydrogen-bond acceptors (Lipinski definition) is 7. The van der Waals surface area contributed by atoms with E-state index >= 15 is 0 Å². The van der Waals surface area contributed by atoms with Gasteiger partial charge in [0.1, 0.15) is 0 Å². The third-order valence-electron chi connectivity index (χ3n) is 5.54. The van der Waals surface area contributed by atoms with Crippen molar-refractivity contribution in [3.8, 4) is 0 Å². The summed E-state index contributed by atoms with van der Waals surface area (Å²) in [5.74, 6) is -0.191. The number of aromatic nitrogens is 3. The molecule has 168 valence electrons. The van der Waals surface area contributed by atoms with Crippen LogP contribution in [0.15, 0.2) is 35.2 Å². The van der Waals surface area contributed by atoms with E-state index in [0.29, 0.717) is 28.0 Å². The smallest absolute Gasteiger partial charge is 0.269 e. The van der Waals surface area contributed by atoms with Gasteiger partial charge in [0.15, 0.2) is 5.65 Å². The van der Waals surface area contributed by atoms with Gasteiger partial charge in [-0.05, 0) is 32.0 Å². The molecule has 3 heterocycles. The molecule has 1 aromatic carbocycles. The molecule has 4 rings (SSSR count). The number of hydrogen-bond donors (Lipinski definition) is 0. The summed E-state index contributed by atoms with van der Waals surface area (Å²) in [5, 5.41) is 15.9. The first-order chi connectivity index (χ1) is 15.1. The summed E-state index contributed by atoms with van der Waals surface area (Å²) < 4.78 is 28.8. The van der Waals surface area contributed by atoms with Gasteiger partial charge in [-0.2, -0.15) is 9.40 Å². The maximum absolute atomic E-state index is 13.3. The fourth-order valence-electron chi connectivity index (χ4n) is 3.93. The lowest BCUT2D eigenvalue weighted by atomic mass is 10.1. The standard InChI is InChI=1S/C20H22N6O5S/c1-13-12-17(18-14(2)22-23(3)19(18)21-13)20(27)24-8-10-25(11-9-24)32(30,31)16-6-4-15(5-7-16)26(28)29/h4-7,12H,8-11H2,1-3H3. The second-order valence-electron chi connectivity index (χ2n) is 7.67. The minimum atomic E-state index is -3.81. The summed E-state index contributed by atoms with van der Waals surface area (Å²) in [5.41, 5.74) is 2.36. The van der Waals surface area contributed by atoms with Gasteiger partial charge in [0.25, 0.3) is 11.6 Å². The average Bonchev–Trinajstić information content (AvgIpc) is 3.06. The van der Waals surface area contributed by atoms with E-state index in [4.69, 9.17) is 0 Å². The van der Waals surface area contributed by atoms with Crippen LogP contribution < -0.4 is 0 Å². The van der Waals surface area contributed by atoms with Crippen molar-refractivity contribution >= 4 is 32.7 Å². The Morgan fingerprint density at radius 2 is 1.72 bits per heavy atom. The predicted molar refractivity (Wildman–Crippen MR) is 116 cm³/mol. The molecular weight excluding hydrogens is 436 g/mol. The Balaban J connectivity index is 1.53. The number of piperazine rings is 1. The third-order valence-corrected chi connectivity index (χ3v) is 7.45. The van der Waals surface area contributed by atoms with Crippen LogP contribution in [-0.2, 0) is 17.1 Å². The first-order valence-corrected chi connectivity index (χ1v) is 11.4. The SMILES string of the molecule is Cc1cc(C(=O)N2CCN(S(=O)(=O)c3ccc([N+](=O)[O-])cc3)CC2)c2c(C)nn(C)c2n1. The number of nitrogens with zero attached hydrogens (tertiary/aromatic N) is 6. The number of benzene rings is 1. The number of aryl methyl sites for hydroxylation is 3. The maximum atomic E-state index is 13.3. The highest BCUT2D eigenvalue weighted by Crippen LogP contribution is 2.25. The molecular formula is C20H22N6O5S. The van der Waals surface area contributed by atoms with Gasteiger partial charge in [0, 0.05) is 51.1 Å². The Morgan fingerprint density at radius 1 is 1.09 bits per heavy atom. The van der Waals surface area contributed by atoms with Gasteiger partial charge in [-0.3, -0.25) is 19.6 Å². The van der Waals surface area contributed by atoms with E-state index in [0.717, 1.165) is 0 Å². The number of pyridine rings is 1. The number of amides is 1. The molecule has 0 saturated carbocycles. The molecule has 2 aromatic heterocycles. The molecule has 1 aliphatic rings. The molecule has 0 spiro atoms. The molecule has 0 radical (unpaired) electrons. The summed E-state index contributed by atoms with van der Waals surface area (Å²) in [4.78, 5) is 29.6. The van der Waals surface area contributed by atoms with E-state index in [-0.39, 0.29) is 42.7 Å². The zero-order valence-electron chi connectivity index (χ0n) is 17.8. The number of fused-ring (bicyclic) bond motifs is 1. The molecule has 1 amide bonds. The number of nitro groups is 1. The van der Waals surface area contributed by atoms with Crippen molar-refractivity contribution in [3.05, 3.63) is 57.4 Å². The first-order valence-electron chi connectivity index (χ1n) is 9.94. The van der Waals surface area contributed by atoms with Gasteiger partial charge in [0.05, 0.1) is 26.5 Å². The molecule has 32 heavy (non-hydrogen) atoms. The number of carbonyl (C=O) groups is 1. The van der Waals surface area contributed by atoms with E-state index in [1.165, 1.54) is 28.6 Å². The summed E-state index contributed by atoms with van der Waals surface area (Å²) in [6, 6.07) is 6.53. The zero-order chi connectivity index (χ0) is 23.2. The monoisotopic (exact) mass is 458 g/mol. The third kappa shape index (κ3) is 3.71. The highest BCUT2D eigenvalue weighted by molar-refractivity contribution is 7.89. The molecule has 11 nitrogen and oxygen atoms in total. The highest BCUT2D eigenvalue weighted by Gasteiger charge is 2.31. The van der Waals surface area contributed by atoms with Crippen LogP contribution in [0.1, 0.15) is 21.7 Å². The molecule has 0 aliphatic carbocycles. The van der Waals surface area contributed by atoms with Crippen molar-refractivity contribution in [2.24, 2.45) is 7.05 Å². The number of rotatable bonds is 4. The van der Waals surface area contributed by atoms with Gasteiger partial charge in [0.2, 0.25) is 10.0 Å². The Morgan fingerprint density at radius 3 is 2.31 bits per heavy atom. The van der Waals surface area contributed by atoms with Gasteiger partial charge in [-0.1, -0.05) is 0 Å². The number of nitro benzene ring substituents is 1. The summed E-state index contributed by atoms with van der Waals surface area (Å²) in [6.45, 7) is 4.35. The summed E-state index contributed by atoms with van der Waals surface area (Å²) in [7, 11) is -2.04. The number of sulfonamides is 1. The lowest BCUT2D eigenvalue weighted by molar-refractivity contribution is -0.384. The molecule has 3 aromatic rings. The van der Waals surface area contributed by atoms with Crippen molar-refractivity contribution < 1.29 is 18.1 Å². The van der Waals surface area contributed by atoms with Gasteiger partial charge >= 0.3 is 0 Å². The van der Waals surface area contributed by atoms with E-state index in [1.54, 1.807) is 22.7 Å². The number of carbonyl (C=O) groups excluding carboxylic acids is 1. The summed E-state index contributed by atoms with van der Waals surface area (Å²) >= 11 is 0. The Kier molecular flexibility index (Phi) is 5.42. The molecule has 1 fully saturated rings. The molecule has 1 saturated heterocycles. The topological polar surface area (TPSA) is 132 Å². The van der Waals surface area contributed by atoms with Gasteiger partial charge in [-0.15, -0.1) is 0 Å². The van der Waals surface area contributed by atoms with Crippen LogP contribution in [0.25, 0.3) is 11.0 Å². The van der Waals surface area contributed by atoms with Crippen molar-refractivity contribution in [3.63, 3.8) is 0 Å². The largest absolute Gasteiger partial charge is 0.336 e.